The Balaban J connectivity index is 1.40. The van der Waals surface area contributed by atoms with Gasteiger partial charge >= 0.3 is 0 Å². The van der Waals surface area contributed by atoms with Crippen molar-refractivity contribution in [1.29, 1.82) is 5.26 Å². The van der Waals surface area contributed by atoms with Crippen molar-refractivity contribution in [3.05, 3.63) is 125 Å². The number of thioether (sulfide) groups is 1. The summed E-state index contributed by atoms with van der Waals surface area (Å²) in [5.41, 5.74) is 3.75. The lowest BCUT2D eigenvalue weighted by molar-refractivity contribution is -0.115. The first-order valence-corrected chi connectivity index (χ1v) is 15.0. The smallest absolute Gasteiger partial charge is 0.263 e. The van der Waals surface area contributed by atoms with Crippen LogP contribution in [0.5, 0.6) is 11.5 Å². The van der Waals surface area contributed by atoms with Crippen LogP contribution in [0.15, 0.2) is 113 Å². The van der Waals surface area contributed by atoms with Crippen LogP contribution in [-0.4, -0.2) is 26.0 Å². The van der Waals surface area contributed by atoms with Crippen molar-refractivity contribution in [2.75, 3.05) is 24.9 Å². The minimum Gasteiger partial charge on any atom is -0.496 e. The average Bonchev–Trinajstić information content (AvgIpc) is 3.46. The van der Waals surface area contributed by atoms with Gasteiger partial charge in [0.1, 0.15) is 33.4 Å². The number of nitrogens with one attached hydrogen (secondary N) is 2. The van der Waals surface area contributed by atoms with E-state index >= 15 is 0 Å². The second-order valence-electron chi connectivity index (χ2n) is 9.25. The second-order valence-corrected chi connectivity index (χ2v) is 11.3. The number of nitrogens with zero attached hydrogens (tertiary/aromatic N) is 1. The number of rotatable bonds is 10. The summed E-state index contributed by atoms with van der Waals surface area (Å²) >= 11 is 2.67. The summed E-state index contributed by atoms with van der Waals surface area (Å²) in [5.74, 6) is 0.139. The lowest BCUT2D eigenvalue weighted by Gasteiger charge is -2.18. The van der Waals surface area contributed by atoms with Gasteiger partial charge in [-0.2, -0.15) is 5.26 Å². The van der Waals surface area contributed by atoms with E-state index in [0.717, 1.165) is 21.6 Å². The Hall–Kier alpha value is -5.04. The number of nitriles is 1. The molecule has 0 saturated heterocycles. The molecule has 0 aliphatic carbocycles. The topological polar surface area (TPSA) is 100 Å². The first-order valence-electron chi connectivity index (χ1n) is 13.2. The number of amides is 2. The van der Waals surface area contributed by atoms with Crippen molar-refractivity contribution >= 4 is 45.6 Å². The first-order chi connectivity index (χ1) is 21.0. The summed E-state index contributed by atoms with van der Waals surface area (Å²) in [6.45, 7) is 0. The molecule has 0 fully saturated rings. The van der Waals surface area contributed by atoms with Gasteiger partial charge in [0.15, 0.2) is 0 Å². The Kier molecular flexibility index (Phi) is 9.42. The Morgan fingerprint density at radius 2 is 1.49 bits per heavy atom. The number of ether oxygens (including phenoxy) is 2. The number of carbonyl (C=O) groups is 2. The van der Waals surface area contributed by atoms with Gasteiger partial charge in [-0.15, -0.1) is 23.1 Å². The second kappa shape index (κ2) is 13.7. The quantitative estimate of drug-likeness (QED) is 0.156. The molecule has 0 radical (unpaired) electrons. The van der Waals surface area contributed by atoms with Crippen LogP contribution in [-0.2, 0) is 4.79 Å². The van der Waals surface area contributed by atoms with Crippen molar-refractivity contribution in [2.45, 2.75) is 10.1 Å². The Morgan fingerprint density at radius 1 is 0.837 bits per heavy atom. The maximum atomic E-state index is 13.8. The molecule has 1 atom stereocenters. The van der Waals surface area contributed by atoms with Crippen molar-refractivity contribution in [3.8, 4) is 28.7 Å². The number of thiophene rings is 1. The number of methoxy groups -OCH3 is 2. The molecule has 1 aromatic heterocycles. The molecule has 9 heteroatoms. The molecule has 1 unspecified atom stereocenters. The average molecular weight is 606 g/mol. The molecule has 0 aliphatic heterocycles. The summed E-state index contributed by atoms with van der Waals surface area (Å²) < 4.78 is 10.8. The van der Waals surface area contributed by atoms with Crippen molar-refractivity contribution < 1.29 is 19.1 Å². The highest BCUT2D eigenvalue weighted by molar-refractivity contribution is 8.00. The van der Waals surface area contributed by atoms with Gasteiger partial charge in [-0.1, -0.05) is 72.8 Å². The molecule has 0 saturated carbocycles. The lowest BCUT2D eigenvalue weighted by Crippen LogP contribution is -2.19. The van der Waals surface area contributed by atoms with E-state index < -0.39 is 5.25 Å². The van der Waals surface area contributed by atoms with E-state index in [9.17, 15) is 14.9 Å². The van der Waals surface area contributed by atoms with Crippen LogP contribution in [0, 0.1) is 11.3 Å². The number of hydrogen-bond donors (Lipinski definition) is 2. The fourth-order valence-electron chi connectivity index (χ4n) is 4.52. The third-order valence-electron chi connectivity index (χ3n) is 6.57. The number of carbonyl (C=O) groups excluding carboxylic acids is 2. The SMILES string of the molecule is COc1cccc(OC)c1C(=O)Nc1cccc(SC(C(=O)Nc2scc(-c3ccccc3)c2C#N)c2ccccc2)c1. The zero-order chi connectivity index (χ0) is 30.2. The van der Waals surface area contributed by atoms with E-state index in [1.807, 2.05) is 84.2 Å². The highest BCUT2D eigenvalue weighted by Crippen LogP contribution is 2.40. The predicted molar refractivity (Wildman–Crippen MR) is 172 cm³/mol. The minimum absolute atomic E-state index is 0.262. The van der Waals surface area contributed by atoms with Gasteiger partial charge in [-0.05, 0) is 41.5 Å². The van der Waals surface area contributed by atoms with Crippen LogP contribution in [0.2, 0.25) is 0 Å². The third-order valence-corrected chi connectivity index (χ3v) is 8.71. The molecule has 43 heavy (non-hydrogen) atoms. The highest BCUT2D eigenvalue weighted by atomic mass is 32.2. The fourth-order valence-corrected chi connectivity index (χ4v) is 6.53. The summed E-state index contributed by atoms with van der Waals surface area (Å²) in [5, 5.41) is 17.6. The molecule has 1 heterocycles. The van der Waals surface area contributed by atoms with Gasteiger partial charge in [0.25, 0.3) is 5.91 Å². The van der Waals surface area contributed by atoms with Crippen LogP contribution < -0.4 is 20.1 Å². The minimum atomic E-state index is -0.629. The first kappa shape index (κ1) is 29.5. The normalized spacial score (nSPS) is 11.2. The van der Waals surface area contributed by atoms with E-state index in [1.165, 1.54) is 37.3 Å². The summed E-state index contributed by atoms with van der Waals surface area (Å²) in [6, 6.07) is 33.8. The van der Waals surface area contributed by atoms with Gasteiger partial charge in [-0.25, -0.2) is 0 Å². The number of hydrogen-bond acceptors (Lipinski definition) is 7. The van der Waals surface area contributed by atoms with Gasteiger partial charge < -0.3 is 20.1 Å². The Bertz CT molecular complexity index is 1760. The molecule has 0 spiro atoms. The monoisotopic (exact) mass is 605 g/mol. The number of benzene rings is 4. The van der Waals surface area contributed by atoms with E-state index in [4.69, 9.17) is 9.47 Å². The largest absolute Gasteiger partial charge is 0.496 e. The van der Waals surface area contributed by atoms with Crippen LogP contribution in [0.3, 0.4) is 0 Å². The van der Waals surface area contributed by atoms with E-state index in [0.29, 0.717) is 27.8 Å². The van der Waals surface area contributed by atoms with Crippen molar-refractivity contribution in [2.24, 2.45) is 0 Å². The molecule has 214 valence electrons. The molecular weight excluding hydrogens is 579 g/mol. The van der Waals surface area contributed by atoms with Crippen LogP contribution in [0.25, 0.3) is 11.1 Å². The van der Waals surface area contributed by atoms with E-state index in [1.54, 1.807) is 24.3 Å². The van der Waals surface area contributed by atoms with Crippen LogP contribution in [0.4, 0.5) is 10.7 Å². The number of anilines is 2. The Labute approximate surface area is 258 Å². The molecule has 0 aliphatic rings. The van der Waals surface area contributed by atoms with Gasteiger partial charge in [-0.3, -0.25) is 9.59 Å². The summed E-state index contributed by atoms with van der Waals surface area (Å²) in [4.78, 5) is 27.8. The van der Waals surface area contributed by atoms with Gasteiger partial charge in [0, 0.05) is 21.5 Å². The summed E-state index contributed by atoms with van der Waals surface area (Å²) in [7, 11) is 2.99. The summed E-state index contributed by atoms with van der Waals surface area (Å²) in [6.07, 6.45) is 0. The standard InChI is InChI=1S/C34H27N3O4S2/c1-40-28-17-10-18-29(41-2)30(28)32(38)36-24-15-9-16-25(19-24)43-31(23-13-7-4-8-14-23)33(39)37-34-26(20-35)27(21-42-34)22-11-5-3-6-12-22/h3-19,21,31H,1-2H3,(H,36,38)(H,37,39). The zero-order valence-electron chi connectivity index (χ0n) is 23.4. The Morgan fingerprint density at radius 3 is 2.14 bits per heavy atom. The molecule has 5 aromatic rings. The van der Waals surface area contributed by atoms with Crippen LogP contribution in [0.1, 0.15) is 26.7 Å². The van der Waals surface area contributed by atoms with Crippen LogP contribution >= 0.6 is 23.1 Å². The van der Waals surface area contributed by atoms with Gasteiger partial charge in [0.05, 0.1) is 19.8 Å². The lowest BCUT2D eigenvalue weighted by atomic mass is 10.1. The maximum absolute atomic E-state index is 13.8. The third kappa shape index (κ3) is 6.72. The predicted octanol–water partition coefficient (Wildman–Crippen LogP) is 8.03. The van der Waals surface area contributed by atoms with Crippen molar-refractivity contribution in [3.63, 3.8) is 0 Å². The van der Waals surface area contributed by atoms with E-state index in [-0.39, 0.29) is 17.4 Å². The molecular formula is C34H27N3O4S2. The van der Waals surface area contributed by atoms with E-state index in [2.05, 4.69) is 16.7 Å². The van der Waals surface area contributed by atoms with Gasteiger partial charge in [0.2, 0.25) is 5.91 Å². The van der Waals surface area contributed by atoms with Crippen molar-refractivity contribution in [1.82, 2.24) is 0 Å². The molecule has 4 aromatic carbocycles. The molecule has 5 rings (SSSR count). The maximum Gasteiger partial charge on any atom is 0.263 e. The molecule has 7 nitrogen and oxygen atoms in total. The fraction of sp³-hybridized carbons (Fsp3) is 0.0882. The molecule has 0 bridgehead atoms. The molecule has 2 N–H and O–H groups in total. The molecule has 2 amide bonds. The zero-order valence-corrected chi connectivity index (χ0v) is 25.0. The highest BCUT2D eigenvalue weighted by Gasteiger charge is 2.25.